The molecule has 5 nitrogen and oxygen atoms in total. The van der Waals surface area contributed by atoms with E-state index >= 15 is 0 Å². The Morgan fingerprint density at radius 1 is 1.15 bits per heavy atom. The number of aliphatic hydroxyl groups excluding tert-OH is 1. The Labute approximate surface area is 116 Å². The van der Waals surface area contributed by atoms with Crippen molar-refractivity contribution in [1.29, 1.82) is 0 Å². The van der Waals surface area contributed by atoms with Gasteiger partial charge in [-0.05, 0) is 42.7 Å². The summed E-state index contributed by atoms with van der Waals surface area (Å²) in [5.41, 5.74) is 2.28. The third-order valence-corrected chi connectivity index (χ3v) is 2.98. The predicted octanol–water partition coefficient (Wildman–Crippen LogP) is 3.50. The van der Waals surface area contributed by atoms with Crippen molar-refractivity contribution in [2.24, 2.45) is 0 Å². The molecule has 0 aliphatic heterocycles. The maximum atomic E-state index is 10.8. The van der Waals surface area contributed by atoms with Crippen molar-refractivity contribution in [3.8, 4) is 11.5 Å². The number of hydrogen-bond donors (Lipinski definition) is 1. The van der Waals surface area contributed by atoms with Crippen LogP contribution in [0.5, 0.6) is 11.5 Å². The molecule has 0 saturated carbocycles. The van der Waals surface area contributed by atoms with Gasteiger partial charge in [-0.25, -0.2) is 0 Å². The molecule has 0 spiro atoms. The maximum absolute atomic E-state index is 10.8. The standard InChI is InChI=1S/C15H15NO4/c1-10-7-13(16(18)19)8-11(2)15(10)20-14-5-3-12(9-17)4-6-14/h3-8,17H,9H2,1-2H3. The molecule has 0 aliphatic rings. The Hall–Kier alpha value is -2.40. The van der Waals surface area contributed by atoms with Crippen molar-refractivity contribution >= 4 is 5.69 Å². The molecule has 0 amide bonds. The van der Waals surface area contributed by atoms with E-state index in [0.717, 1.165) is 5.56 Å². The molecular formula is C15H15NO4. The molecule has 0 bridgehead atoms. The van der Waals surface area contributed by atoms with Crippen LogP contribution in [0.4, 0.5) is 5.69 Å². The lowest BCUT2D eigenvalue weighted by molar-refractivity contribution is -0.385. The van der Waals surface area contributed by atoms with Gasteiger partial charge in [0.05, 0.1) is 11.5 Å². The van der Waals surface area contributed by atoms with E-state index in [1.807, 2.05) is 0 Å². The van der Waals surface area contributed by atoms with Crippen LogP contribution in [0.1, 0.15) is 16.7 Å². The number of hydrogen-bond acceptors (Lipinski definition) is 4. The average molecular weight is 273 g/mol. The summed E-state index contributed by atoms with van der Waals surface area (Å²) >= 11 is 0. The van der Waals surface area contributed by atoms with Crippen molar-refractivity contribution in [3.63, 3.8) is 0 Å². The van der Waals surface area contributed by atoms with Gasteiger partial charge >= 0.3 is 0 Å². The minimum Gasteiger partial charge on any atom is -0.457 e. The highest BCUT2D eigenvalue weighted by Gasteiger charge is 2.13. The smallest absolute Gasteiger partial charge is 0.270 e. The summed E-state index contributed by atoms with van der Waals surface area (Å²) in [6.07, 6.45) is 0. The zero-order valence-corrected chi connectivity index (χ0v) is 11.3. The van der Waals surface area contributed by atoms with E-state index in [9.17, 15) is 10.1 Å². The first kappa shape index (κ1) is 14.0. The van der Waals surface area contributed by atoms with Crippen LogP contribution in [-0.2, 0) is 6.61 Å². The molecule has 2 rings (SSSR count). The summed E-state index contributed by atoms with van der Waals surface area (Å²) in [6.45, 7) is 3.53. The number of nitro benzene ring substituents is 1. The molecule has 0 aliphatic carbocycles. The Morgan fingerprint density at radius 3 is 2.15 bits per heavy atom. The number of nitrogens with zero attached hydrogens (tertiary/aromatic N) is 1. The number of nitro groups is 1. The fraction of sp³-hybridized carbons (Fsp3) is 0.200. The first-order valence-electron chi connectivity index (χ1n) is 6.14. The second-order valence-corrected chi connectivity index (χ2v) is 4.57. The lowest BCUT2D eigenvalue weighted by atomic mass is 10.1. The number of ether oxygens (including phenoxy) is 1. The van der Waals surface area contributed by atoms with E-state index in [1.165, 1.54) is 12.1 Å². The molecule has 0 aromatic heterocycles. The van der Waals surface area contributed by atoms with Gasteiger partial charge in [-0.15, -0.1) is 0 Å². The minimum absolute atomic E-state index is 0.0180. The van der Waals surface area contributed by atoms with E-state index < -0.39 is 4.92 Å². The first-order valence-corrected chi connectivity index (χ1v) is 6.14. The largest absolute Gasteiger partial charge is 0.457 e. The summed E-state index contributed by atoms with van der Waals surface area (Å²) in [5.74, 6) is 1.25. The topological polar surface area (TPSA) is 72.6 Å². The molecule has 5 heteroatoms. The molecule has 2 aromatic rings. The summed E-state index contributed by atoms with van der Waals surface area (Å²) in [4.78, 5) is 10.4. The molecular weight excluding hydrogens is 258 g/mol. The summed E-state index contributed by atoms with van der Waals surface area (Å²) < 4.78 is 5.77. The van der Waals surface area contributed by atoms with E-state index in [4.69, 9.17) is 9.84 Å². The molecule has 2 aromatic carbocycles. The van der Waals surface area contributed by atoms with E-state index in [1.54, 1.807) is 38.1 Å². The van der Waals surface area contributed by atoms with Gasteiger partial charge in [-0.1, -0.05) is 12.1 Å². The fourth-order valence-electron chi connectivity index (χ4n) is 1.97. The fourth-order valence-corrected chi connectivity index (χ4v) is 1.97. The van der Waals surface area contributed by atoms with Crippen LogP contribution in [0.3, 0.4) is 0 Å². The summed E-state index contributed by atoms with van der Waals surface area (Å²) in [7, 11) is 0. The summed E-state index contributed by atoms with van der Waals surface area (Å²) in [5, 5.41) is 19.8. The monoisotopic (exact) mass is 273 g/mol. The Kier molecular flexibility index (Phi) is 4.00. The number of benzene rings is 2. The van der Waals surface area contributed by atoms with Gasteiger partial charge in [0, 0.05) is 12.1 Å². The molecule has 104 valence electrons. The van der Waals surface area contributed by atoms with Crippen molar-refractivity contribution in [3.05, 3.63) is 63.2 Å². The lowest BCUT2D eigenvalue weighted by Gasteiger charge is -2.12. The highest BCUT2D eigenvalue weighted by Crippen LogP contribution is 2.32. The Bertz CT molecular complexity index is 612. The highest BCUT2D eigenvalue weighted by molar-refractivity contribution is 5.50. The number of aliphatic hydroxyl groups is 1. The second-order valence-electron chi connectivity index (χ2n) is 4.57. The van der Waals surface area contributed by atoms with Crippen molar-refractivity contribution in [2.45, 2.75) is 20.5 Å². The second kappa shape index (κ2) is 5.71. The third-order valence-electron chi connectivity index (χ3n) is 2.98. The van der Waals surface area contributed by atoms with E-state index in [2.05, 4.69) is 0 Å². The van der Waals surface area contributed by atoms with Crippen LogP contribution < -0.4 is 4.74 Å². The molecule has 0 saturated heterocycles. The van der Waals surface area contributed by atoms with Crippen molar-refractivity contribution in [2.75, 3.05) is 0 Å². The zero-order valence-electron chi connectivity index (χ0n) is 11.3. The normalized spacial score (nSPS) is 10.3. The molecule has 0 fully saturated rings. The average Bonchev–Trinajstić information content (AvgIpc) is 2.43. The number of rotatable bonds is 4. The molecule has 1 N–H and O–H groups in total. The highest BCUT2D eigenvalue weighted by atomic mass is 16.6. The van der Waals surface area contributed by atoms with Gasteiger partial charge in [0.15, 0.2) is 0 Å². The van der Waals surface area contributed by atoms with Crippen LogP contribution in [0.2, 0.25) is 0 Å². The lowest BCUT2D eigenvalue weighted by Crippen LogP contribution is -1.95. The van der Waals surface area contributed by atoms with E-state index in [-0.39, 0.29) is 12.3 Å². The third kappa shape index (κ3) is 2.95. The van der Waals surface area contributed by atoms with Crippen LogP contribution in [0.15, 0.2) is 36.4 Å². The minimum atomic E-state index is -0.417. The van der Waals surface area contributed by atoms with E-state index in [0.29, 0.717) is 22.6 Å². The van der Waals surface area contributed by atoms with Crippen LogP contribution >= 0.6 is 0 Å². The maximum Gasteiger partial charge on any atom is 0.270 e. The van der Waals surface area contributed by atoms with Crippen LogP contribution in [-0.4, -0.2) is 10.0 Å². The van der Waals surface area contributed by atoms with Gasteiger partial charge in [0.1, 0.15) is 11.5 Å². The van der Waals surface area contributed by atoms with Crippen LogP contribution in [0, 0.1) is 24.0 Å². The molecule has 0 radical (unpaired) electrons. The van der Waals surface area contributed by atoms with Gasteiger partial charge in [-0.2, -0.15) is 0 Å². The van der Waals surface area contributed by atoms with Gasteiger partial charge < -0.3 is 9.84 Å². The SMILES string of the molecule is Cc1cc([N+](=O)[O-])cc(C)c1Oc1ccc(CO)cc1. The number of non-ortho nitro benzene ring substituents is 1. The number of aryl methyl sites for hydroxylation is 2. The molecule has 0 heterocycles. The molecule has 0 unspecified atom stereocenters. The van der Waals surface area contributed by atoms with Crippen LogP contribution in [0.25, 0.3) is 0 Å². The molecule has 0 atom stereocenters. The first-order chi connectivity index (χ1) is 9.51. The summed E-state index contributed by atoms with van der Waals surface area (Å²) in [6, 6.07) is 10.0. The van der Waals surface area contributed by atoms with Gasteiger partial charge in [0.25, 0.3) is 5.69 Å². The van der Waals surface area contributed by atoms with Crippen molar-refractivity contribution in [1.82, 2.24) is 0 Å². The van der Waals surface area contributed by atoms with Gasteiger partial charge in [-0.3, -0.25) is 10.1 Å². The van der Waals surface area contributed by atoms with Gasteiger partial charge in [0.2, 0.25) is 0 Å². The predicted molar refractivity (Wildman–Crippen MR) is 75.0 cm³/mol. The quantitative estimate of drug-likeness (QED) is 0.683. The van der Waals surface area contributed by atoms with Crippen molar-refractivity contribution < 1.29 is 14.8 Å². The molecule has 20 heavy (non-hydrogen) atoms. The zero-order chi connectivity index (χ0) is 14.7. The Morgan fingerprint density at radius 2 is 1.70 bits per heavy atom. The Balaban J connectivity index is 2.30.